The second-order valence-corrected chi connectivity index (χ2v) is 5.40. The van der Waals surface area contributed by atoms with Crippen molar-refractivity contribution in [3.8, 4) is 5.95 Å². The van der Waals surface area contributed by atoms with E-state index in [0.29, 0.717) is 11.9 Å². The van der Waals surface area contributed by atoms with E-state index in [1.807, 2.05) is 18.4 Å². The van der Waals surface area contributed by atoms with Crippen LogP contribution >= 0.6 is 22.9 Å². The number of hydrogen-bond acceptors (Lipinski definition) is 6. The Bertz CT molecular complexity index is 682. The number of nitrogens with one attached hydrogen (secondary N) is 1. The number of halogens is 1. The van der Waals surface area contributed by atoms with Gasteiger partial charge in [0.2, 0.25) is 17.2 Å². The minimum absolute atomic E-state index is 0.101. The average Bonchev–Trinajstić information content (AvgIpc) is 3.12. The Labute approximate surface area is 124 Å². The van der Waals surface area contributed by atoms with E-state index in [1.54, 1.807) is 34.6 Å². The Morgan fingerprint density at radius 3 is 2.95 bits per heavy atom. The minimum atomic E-state index is 0.101. The highest BCUT2D eigenvalue weighted by atomic mass is 35.5. The normalized spacial score (nSPS) is 12.3. The molecule has 1 N–H and O–H groups in total. The van der Waals surface area contributed by atoms with Gasteiger partial charge in [0, 0.05) is 17.3 Å². The van der Waals surface area contributed by atoms with Crippen molar-refractivity contribution in [1.82, 2.24) is 24.5 Å². The first-order valence-electron chi connectivity index (χ1n) is 5.92. The molecule has 0 spiro atoms. The Hall–Kier alpha value is -1.99. The van der Waals surface area contributed by atoms with Crippen LogP contribution in [0.4, 0.5) is 5.95 Å². The van der Waals surface area contributed by atoms with Gasteiger partial charge in [-0.25, -0.2) is 4.98 Å². The van der Waals surface area contributed by atoms with Crippen LogP contribution in [0.1, 0.15) is 17.8 Å². The molecule has 0 fully saturated rings. The van der Waals surface area contributed by atoms with Crippen molar-refractivity contribution in [3.63, 3.8) is 0 Å². The second kappa shape index (κ2) is 5.56. The maximum absolute atomic E-state index is 5.94. The summed E-state index contributed by atoms with van der Waals surface area (Å²) in [6.07, 6.45) is 5.01. The van der Waals surface area contributed by atoms with Crippen LogP contribution in [-0.4, -0.2) is 24.5 Å². The highest BCUT2D eigenvalue weighted by molar-refractivity contribution is 7.10. The molecule has 0 aliphatic rings. The molecular weight excluding hydrogens is 296 g/mol. The van der Waals surface area contributed by atoms with Crippen molar-refractivity contribution in [2.75, 3.05) is 5.32 Å². The summed E-state index contributed by atoms with van der Waals surface area (Å²) in [6.45, 7) is 2.04. The number of hydrogen-bond donors (Lipinski definition) is 1. The summed E-state index contributed by atoms with van der Waals surface area (Å²) in [5, 5.41) is 5.39. The topological polar surface area (TPSA) is 68.5 Å². The maximum atomic E-state index is 5.94. The summed E-state index contributed by atoms with van der Waals surface area (Å²) < 4.78 is 1.68. The average molecular weight is 307 g/mol. The van der Waals surface area contributed by atoms with E-state index in [1.165, 1.54) is 4.88 Å². The third kappa shape index (κ3) is 2.78. The number of rotatable bonds is 4. The zero-order valence-electron chi connectivity index (χ0n) is 10.6. The molecule has 0 saturated heterocycles. The summed E-state index contributed by atoms with van der Waals surface area (Å²) in [7, 11) is 0. The van der Waals surface area contributed by atoms with E-state index >= 15 is 0 Å². The predicted octanol–water partition coefficient (Wildman–Crippen LogP) is 2.95. The van der Waals surface area contributed by atoms with E-state index in [2.05, 4.69) is 31.3 Å². The van der Waals surface area contributed by atoms with Crippen LogP contribution in [0.15, 0.2) is 36.2 Å². The summed E-state index contributed by atoms with van der Waals surface area (Å²) in [5.41, 5.74) is 0. The number of nitrogens with zero attached hydrogens (tertiary/aromatic N) is 5. The van der Waals surface area contributed by atoms with Gasteiger partial charge in [0.15, 0.2) is 0 Å². The second-order valence-electron chi connectivity index (χ2n) is 4.08. The molecule has 0 radical (unpaired) electrons. The highest BCUT2D eigenvalue weighted by Crippen LogP contribution is 2.22. The Morgan fingerprint density at radius 1 is 1.35 bits per heavy atom. The molecule has 20 heavy (non-hydrogen) atoms. The van der Waals surface area contributed by atoms with Crippen molar-refractivity contribution in [1.29, 1.82) is 0 Å². The summed E-state index contributed by atoms with van der Waals surface area (Å²) in [4.78, 5) is 17.7. The molecule has 1 unspecified atom stereocenters. The summed E-state index contributed by atoms with van der Waals surface area (Å²) in [6, 6.07) is 4.17. The van der Waals surface area contributed by atoms with E-state index in [9.17, 15) is 0 Å². The van der Waals surface area contributed by atoms with Gasteiger partial charge in [0.25, 0.3) is 0 Å². The van der Waals surface area contributed by atoms with Crippen LogP contribution < -0.4 is 5.32 Å². The van der Waals surface area contributed by atoms with E-state index < -0.39 is 0 Å². The number of thiophene rings is 1. The molecule has 0 aliphatic heterocycles. The fourth-order valence-corrected chi connectivity index (χ4v) is 2.59. The summed E-state index contributed by atoms with van der Waals surface area (Å²) in [5.74, 6) is 0.873. The third-order valence-corrected chi connectivity index (χ3v) is 3.87. The molecule has 1 atom stereocenters. The highest BCUT2D eigenvalue weighted by Gasteiger charge is 2.11. The molecule has 0 bridgehead atoms. The Morgan fingerprint density at radius 2 is 2.25 bits per heavy atom. The quantitative estimate of drug-likeness (QED) is 0.802. The van der Waals surface area contributed by atoms with Gasteiger partial charge < -0.3 is 5.32 Å². The van der Waals surface area contributed by atoms with Crippen molar-refractivity contribution in [2.45, 2.75) is 13.0 Å². The van der Waals surface area contributed by atoms with Gasteiger partial charge in [-0.15, -0.1) is 11.3 Å². The SMILES string of the molecule is CC(Nc1nc(Cl)nc(-n2ccnc2)n1)c1cccs1. The van der Waals surface area contributed by atoms with E-state index in [-0.39, 0.29) is 11.3 Å². The van der Waals surface area contributed by atoms with Crippen molar-refractivity contribution >= 4 is 28.9 Å². The molecule has 3 aromatic rings. The smallest absolute Gasteiger partial charge is 0.241 e. The first-order chi connectivity index (χ1) is 9.72. The number of aromatic nitrogens is 5. The van der Waals surface area contributed by atoms with Crippen molar-refractivity contribution in [2.24, 2.45) is 0 Å². The molecule has 3 heterocycles. The maximum Gasteiger partial charge on any atom is 0.241 e. The molecule has 0 saturated carbocycles. The van der Waals surface area contributed by atoms with Crippen LogP contribution in [0.25, 0.3) is 5.95 Å². The van der Waals surface area contributed by atoms with E-state index in [4.69, 9.17) is 11.6 Å². The van der Waals surface area contributed by atoms with Crippen LogP contribution in [-0.2, 0) is 0 Å². The standard InChI is InChI=1S/C12H11ClN6S/c1-8(9-3-2-6-20-9)15-11-16-10(13)17-12(18-11)19-5-4-14-7-19/h2-8H,1H3,(H,15,16,17,18). The van der Waals surface area contributed by atoms with Gasteiger partial charge >= 0.3 is 0 Å². The zero-order valence-corrected chi connectivity index (χ0v) is 12.1. The zero-order chi connectivity index (χ0) is 13.9. The van der Waals surface area contributed by atoms with Gasteiger partial charge in [-0.1, -0.05) is 6.07 Å². The van der Waals surface area contributed by atoms with Crippen LogP contribution in [0.5, 0.6) is 0 Å². The molecule has 102 valence electrons. The Balaban J connectivity index is 1.87. The fourth-order valence-electron chi connectivity index (χ4n) is 1.70. The minimum Gasteiger partial charge on any atom is -0.347 e. The van der Waals surface area contributed by atoms with Gasteiger partial charge in [0.05, 0.1) is 6.04 Å². The molecule has 0 amide bonds. The molecular formula is C12H11ClN6S. The van der Waals surface area contributed by atoms with Crippen LogP contribution in [0.2, 0.25) is 5.28 Å². The van der Waals surface area contributed by atoms with Gasteiger partial charge in [-0.3, -0.25) is 4.57 Å². The lowest BCUT2D eigenvalue weighted by Gasteiger charge is -2.12. The molecule has 3 aromatic heterocycles. The van der Waals surface area contributed by atoms with Crippen molar-refractivity contribution in [3.05, 3.63) is 46.4 Å². The Kier molecular flexibility index (Phi) is 3.62. The van der Waals surface area contributed by atoms with Crippen LogP contribution in [0.3, 0.4) is 0 Å². The van der Waals surface area contributed by atoms with E-state index in [0.717, 1.165) is 0 Å². The first kappa shape index (κ1) is 13.0. The van der Waals surface area contributed by atoms with Gasteiger partial charge in [-0.05, 0) is 30.0 Å². The van der Waals surface area contributed by atoms with Gasteiger partial charge in [-0.2, -0.15) is 15.0 Å². The molecule has 0 aromatic carbocycles. The largest absolute Gasteiger partial charge is 0.347 e. The van der Waals surface area contributed by atoms with Crippen molar-refractivity contribution < 1.29 is 0 Å². The number of imidazole rings is 1. The third-order valence-electron chi connectivity index (χ3n) is 2.65. The molecule has 6 nitrogen and oxygen atoms in total. The predicted molar refractivity (Wildman–Crippen MR) is 78.3 cm³/mol. The summed E-state index contributed by atoms with van der Waals surface area (Å²) >= 11 is 7.62. The lowest BCUT2D eigenvalue weighted by Crippen LogP contribution is -2.11. The van der Waals surface area contributed by atoms with Crippen LogP contribution in [0, 0.1) is 0 Å². The molecule has 8 heteroatoms. The lowest BCUT2D eigenvalue weighted by molar-refractivity contribution is 0.844. The fraction of sp³-hybridized carbons (Fsp3) is 0.167. The molecule has 0 aliphatic carbocycles. The van der Waals surface area contributed by atoms with Gasteiger partial charge in [0.1, 0.15) is 6.33 Å². The first-order valence-corrected chi connectivity index (χ1v) is 7.18. The molecule has 3 rings (SSSR count). The lowest BCUT2D eigenvalue weighted by atomic mass is 10.3. The monoisotopic (exact) mass is 306 g/mol. The number of anilines is 1.